The molecule has 2 aromatic carbocycles. The average molecular weight is 330 g/mol. The highest BCUT2D eigenvalue weighted by Crippen LogP contribution is 2.23. The average Bonchev–Trinajstić information content (AvgIpc) is 2.41. The summed E-state index contributed by atoms with van der Waals surface area (Å²) in [5.74, 6) is -0.570. The van der Waals surface area contributed by atoms with E-state index in [0.29, 0.717) is 21.6 Å². The van der Waals surface area contributed by atoms with Crippen LogP contribution in [0.15, 0.2) is 36.4 Å². The molecule has 2 rings (SSSR count). The van der Waals surface area contributed by atoms with E-state index in [9.17, 15) is 4.79 Å². The van der Waals surface area contributed by atoms with Gasteiger partial charge in [-0.05, 0) is 42.0 Å². The van der Waals surface area contributed by atoms with Gasteiger partial charge in [-0.1, -0.05) is 34.8 Å². The van der Waals surface area contributed by atoms with Crippen LogP contribution in [0, 0.1) is 0 Å². The highest BCUT2D eigenvalue weighted by molar-refractivity contribution is 6.34. The van der Waals surface area contributed by atoms with E-state index in [1.54, 1.807) is 36.4 Å². The molecular formula is C14H11Cl3N2O. The molecule has 3 N–H and O–H groups in total. The molecule has 0 spiro atoms. The smallest absolute Gasteiger partial charge is 0.250 e. The fraction of sp³-hybridized carbons (Fsp3) is 0.0714. The number of carbonyl (C=O) groups is 1. The van der Waals surface area contributed by atoms with E-state index in [1.807, 2.05) is 0 Å². The quantitative estimate of drug-likeness (QED) is 0.875. The van der Waals surface area contributed by atoms with E-state index in [1.165, 1.54) is 0 Å². The molecule has 20 heavy (non-hydrogen) atoms. The Hall–Kier alpha value is -1.42. The Morgan fingerprint density at radius 3 is 2.45 bits per heavy atom. The summed E-state index contributed by atoms with van der Waals surface area (Å²) in [4.78, 5) is 11.2. The number of rotatable bonds is 4. The molecule has 0 bridgehead atoms. The van der Waals surface area contributed by atoms with Gasteiger partial charge in [0, 0.05) is 22.3 Å². The van der Waals surface area contributed by atoms with Gasteiger partial charge in [0.2, 0.25) is 5.91 Å². The number of carbonyl (C=O) groups excluding carboxylic acids is 1. The van der Waals surface area contributed by atoms with Gasteiger partial charge in [-0.3, -0.25) is 4.79 Å². The molecule has 0 aliphatic heterocycles. The number of hydrogen-bond donors (Lipinski definition) is 2. The van der Waals surface area contributed by atoms with E-state index < -0.39 is 5.91 Å². The first-order valence-electron chi connectivity index (χ1n) is 5.74. The van der Waals surface area contributed by atoms with Crippen molar-refractivity contribution in [2.75, 3.05) is 5.32 Å². The van der Waals surface area contributed by atoms with Crippen LogP contribution in [-0.4, -0.2) is 5.91 Å². The number of amides is 1. The molecule has 0 aliphatic rings. The van der Waals surface area contributed by atoms with E-state index in [0.717, 1.165) is 11.3 Å². The van der Waals surface area contributed by atoms with Crippen molar-refractivity contribution in [2.24, 2.45) is 5.73 Å². The van der Waals surface area contributed by atoms with Crippen LogP contribution in [0.2, 0.25) is 15.1 Å². The third kappa shape index (κ3) is 3.57. The number of nitrogens with two attached hydrogens (primary N) is 1. The van der Waals surface area contributed by atoms with E-state index >= 15 is 0 Å². The zero-order valence-corrected chi connectivity index (χ0v) is 12.6. The molecule has 3 nitrogen and oxygen atoms in total. The molecule has 0 aromatic heterocycles. The van der Waals surface area contributed by atoms with Gasteiger partial charge < -0.3 is 11.1 Å². The molecule has 1 amide bonds. The number of benzene rings is 2. The Balaban J connectivity index is 2.17. The summed E-state index contributed by atoms with van der Waals surface area (Å²) in [6, 6.07) is 10.2. The molecule has 6 heteroatoms. The Kier molecular flexibility index (Phi) is 4.76. The topological polar surface area (TPSA) is 55.1 Å². The van der Waals surface area contributed by atoms with Crippen molar-refractivity contribution in [1.82, 2.24) is 0 Å². The maximum atomic E-state index is 11.2. The van der Waals surface area contributed by atoms with E-state index in [2.05, 4.69) is 5.32 Å². The molecule has 2 aromatic rings. The minimum atomic E-state index is -0.570. The fourth-order valence-corrected chi connectivity index (χ4v) is 2.29. The van der Waals surface area contributed by atoms with Crippen molar-refractivity contribution >= 4 is 46.4 Å². The molecule has 0 atom stereocenters. The van der Waals surface area contributed by atoms with Gasteiger partial charge in [0.05, 0.1) is 10.6 Å². The zero-order valence-electron chi connectivity index (χ0n) is 10.3. The van der Waals surface area contributed by atoms with Gasteiger partial charge in [0.15, 0.2) is 0 Å². The predicted octanol–water partition coefficient (Wildman–Crippen LogP) is 4.36. The Morgan fingerprint density at radius 2 is 1.75 bits per heavy atom. The number of nitrogens with one attached hydrogen (secondary N) is 1. The Bertz CT molecular complexity index is 659. The summed E-state index contributed by atoms with van der Waals surface area (Å²) in [6.07, 6.45) is 0. The maximum absolute atomic E-state index is 11.2. The van der Waals surface area contributed by atoms with Crippen LogP contribution in [0.3, 0.4) is 0 Å². The molecule has 0 heterocycles. The SMILES string of the molecule is NC(=O)c1cc(NCc2cc(Cl)ccc2Cl)ccc1Cl. The van der Waals surface area contributed by atoms with Crippen molar-refractivity contribution < 1.29 is 4.79 Å². The largest absolute Gasteiger partial charge is 0.381 e. The van der Waals surface area contributed by atoms with Gasteiger partial charge in [-0.15, -0.1) is 0 Å². The van der Waals surface area contributed by atoms with Crippen LogP contribution in [0.4, 0.5) is 5.69 Å². The van der Waals surface area contributed by atoms with Crippen LogP contribution >= 0.6 is 34.8 Å². The molecule has 0 unspecified atom stereocenters. The van der Waals surface area contributed by atoms with Crippen molar-refractivity contribution in [1.29, 1.82) is 0 Å². The monoisotopic (exact) mass is 328 g/mol. The van der Waals surface area contributed by atoms with Gasteiger partial charge in [0.25, 0.3) is 0 Å². The molecule has 0 saturated carbocycles. The lowest BCUT2D eigenvalue weighted by molar-refractivity contribution is 0.100. The first-order chi connectivity index (χ1) is 9.47. The van der Waals surface area contributed by atoms with E-state index in [4.69, 9.17) is 40.5 Å². The van der Waals surface area contributed by atoms with Crippen LogP contribution in [-0.2, 0) is 6.54 Å². The lowest BCUT2D eigenvalue weighted by atomic mass is 10.1. The summed E-state index contributed by atoms with van der Waals surface area (Å²) >= 11 is 17.9. The van der Waals surface area contributed by atoms with Crippen molar-refractivity contribution in [3.63, 3.8) is 0 Å². The molecule has 0 fully saturated rings. The summed E-state index contributed by atoms with van der Waals surface area (Å²) < 4.78 is 0. The van der Waals surface area contributed by atoms with Gasteiger partial charge in [-0.25, -0.2) is 0 Å². The second-order valence-corrected chi connectivity index (χ2v) is 5.40. The second-order valence-electron chi connectivity index (χ2n) is 4.15. The summed E-state index contributed by atoms with van der Waals surface area (Å²) in [7, 11) is 0. The zero-order chi connectivity index (χ0) is 14.7. The summed E-state index contributed by atoms with van der Waals surface area (Å²) in [5, 5.41) is 4.69. The molecule has 104 valence electrons. The lowest BCUT2D eigenvalue weighted by Crippen LogP contribution is -2.12. The van der Waals surface area contributed by atoms with Gasteiger partial charge in [-0.2, -0.15) is 0 Å². The summed E-state index contributed by atoms with van der Waals surface area (Å²) in [6.45, 7) is 0.471. The van der Waals surface area contributed by atoms with Crippen molar-refractivity contribution in [3.05, 3.63) is 62.6 Å². The third-order valence-electron chi connectivity index (χ3n) is 2.72. The van der Waals surface area contributed by atoms with Crippen LogP contribution in [0.1, 0.15) is 15.9 Å². The van der Waals surface area contributed by atoms with Crippen LogP contribution in [0.5, 0.6) is 0 Å². The van der Waals surface area contributed by atoms with Crippen molar-refractivity contribution in [2.45, 2.75) is 6.54 Å². The number of anilines is 1. The molecular weight excluding hydrogens is 319 g/mol. The Labute approximate surface area is 131 Å². The van der Waals surface area contributed by atoms with Crippen molar-refractivity contribution in [3.8, 4) is 0 Å². The van der Waals surface area contributed by atoms with Gasteiger partial charge in [0.1, 0.15) is 0 Å². The minimum absolute atomic E-state index is 0.272. The number of primary amides is 1. The standard InChI is InChI=1S/C14H11Cl3N2O/c15-9-1-3-12(16)8(5-9)7-19-10-2-4-13(17)11(6-10)14(18)20/h1-6,19H,7H2,(H2,18,20). The highest BCUT2D eigenvalue weighted by atomic mass is 35.5. The van der Waals surface area contributed by atoms with Gasteiger partial charge >= 0.3 is 0 Å². The second kappa shape index (κ2) is 6.35. The lowest BCUT2D eigenvalue weighted by Gasteiger charge is -2.10. The highest BCUT2D eigenvalue weighted by Gasteiger charge is 2.08. The number of halogens is 3. The fourth-order valence-electron chi connectivity index (χ4n) is 1.70. The molecule has 0 saturated heterocycles. The van der Waals surface area contributed by atoms with E-state index in [-0.39, 0.29) is 5.56 Å². The predicted molar refractivity (Wildman–Crippen MR) is 83.8 cm³/mol. The minimum Gasteiger partial charge on any atom is -0.381 e. The molecule has 0 aliphatic carbocycles. The van der Waals surface area contributed by atoms with Crippen LogP contribution < -0.4 is 11.1 Å². The summed E-state index contributed by atoms with van der Waals surface area (Å²) in [5.41, 5.74) is 7.09. The normalized spacial score (nSPS) is 10.3. The first-order valence-corrected chi connectivity index (χ1v) is 6.88. The first kappa shape index (κ1) is 15.0. The van der Waals surface area contributed by atoms with Crippen LogP contribution in [0.25, 0.3) is 0 Å². The number of hydrogen-bond acceptors (Lipinski definition) is 2. The molecule has 0 radical (unpaired) electrons. The Morgan fingerprint density at radius 1 is 1.05 bits per heavy atom. The third-order valence-corrected chi connectivity index (χ3v) is 3.66. The maximum Gasteiger partial charge on any atom is 0.250 e.